The van der Waals surface area contributed by atoms with E-state index in [1.165, 1.54) is 0 Å². The van der Waals surface area contributed by atoms with Gasteiger partial charge in [0.05, 0.1) is 37.5 Å². The number of hydrogen-bond donors (Lipinski definition) is 3. The summed E-state index contributed by atoms with van der Waals surface area (Å²) in [5, 5.41) is 6.09. The molecule has 1 aromatic heterocycles. The minimum atomic E-state index is -2.54. The summed E-state index contributed by atoms with van der Waals surface area (Å²) in [6, 6.07) is 19.6. The number of carbonyl (C=O) groups is 1. The minimum Gasteiger partial charge on any atom is -0.497 e. The molecular weight excluding hydrogens is 532 g/mol. The van der Waals surface area contributed by atoms with Gasteiger partial charge < -0.3 is 20.1 Å². The van der Waals surface area contributed by atoms with Gasteiger partial charge in [-0.3, -0.25) is 14.2 Å². The molecule has 1 heterocycles. The Kier molecular flexibility index (Phi) is 8.10. The Morgan fingerprint density at radius 1 is 0.975 bits per heavy atom. The first-order valence-electron chi connectivity index (χ1n) is 12.6. The Labute approximate surface area is 234 Å². The molecule has 4 aromatic rings. The third kappa shape index (κ3) is 6.30. The Balaban J connectivity index is 1.53. The van der Waals surface area contributed by atoms with E-state index >= 15 is 0 Å². The van der Waals surface area contributed by atoms with Crippen LogP contribution in [0.15, 0.2) is 66.7 Å². The highest BCUT2D eigenvalue weighted by atomic mass is 32.2. The van der Waals surface area contributed by atoms with Crippen LogP contribution in [0, 0.1) is 0 Å². The SMILES string of the molecule is COc1cc(Nc2nc3ccccc3nc2N(c2cccc(NC(=O)CN(C)C3CC3)c2)S(=O)O)cc(OC)c1. The second kappa shape index (κ2) is 11.9. The highest BCUT2D eigenvalue weighted by molar-refractivity contribution is 7.81. The van der Waals surface area contributed by atoms with Gasteiger partial charge in [0, 0.05) is 35.6 Å². The summed E-state index contributed by atoms with van der Waals surface area (Å²) in [6.45, 7) is 0.263. The lowest BCUT2D eigenvalue weighted by molar-refractivity contribution is -0.117. The molecule has 0 bridgehead atoms. The Morgan fingerprint density at radius 2 is 1.65 bits per heavy atom. The Hall–Kier alpha value is -4.26. The third-order valence-corrected chi connectivity index (χ3v) is 7.14. The molecule has 208 valence electrons. The van der Waals surface area contributed by atoms with Gasteiger partial charge in [0.15, 0.2) is 11.6 Å². The number of nitrogens with one attached hydrogen (secondary N) is 2. The molecule has 1 unspecified atom stereocenters. The standard InChI is InChI=1S/C28H30N6O5S/c1-33(20-11-12-20)17-26(35)29-18-7-6-8-21(13-18)34(40(36)37)28-27(31-24-9-4-5-10-25(24)32-28)30-19-14-22(38-2)16-23(15-19)39-3/h4-10,13-16,20H,11-12,17H2,1-3H3,(H,29,35)(H,30,31)(H,36,37). The molecule has 1 fully saturated rings. The van der Waals surface area contributed by atoms with E-state index in [9.17, 15) is 13.6 Å². The molecule has 3 aromatic carbocycles. The quantitative estimate of drug-likeness (QED) is 0.223. The third-order valence-electron chi connectivity index (χ3n) is 6.44. The van der Waals surface area contributed by atoms with Crippen LogP contribution in [0.3, 0.4) is 0 Å². The Morgan fingerprint density at radius 3 is 2.27 bits per heavy atom. The van der Waals surface area contributed by atoms with Crippen molar-refractivity contribution >= 4 is 56.9 Å². The van der Waals surface area contributed by atoms with Crippen molar-refractivity contribution in [1.82, 2.24) is 14.9 Å². The number of ether oxygens (including phenoxy) is 2. The average Bonchev–Trinajstić information content (AvgIpc) is 3.79. The number of anilines is 5. The molecule has 0 spiro atoms. The molecule has 40 heavy (non-hydrogen) atoms. The molecule has 0 radical (unpaired) electrons. The van der Waals surface area contributed by atoms with Gasteiger partial charge in [0.2, 0.25) is 5.91 Å². The number of para-hydroxylation sites is 2. The van der Waals surface area contributed by atoms with Crippen LogP contribution < -0.4 is 24.4 Å². The van der Waals surface area contributed by atoms with E-state index in [0.717, 1.165) is 17.1 Å². The first-order chi connectivity index (χ1) is 19.3. The van der Waals surface area contributed by atoms with Gasteiger partial charge in [-0.2, -0.15) is 0 Å². The predicted molar refractivity (Wildman–Crippen MR) is 156 cm³/mol. The van der Waals surface area contributed by atoms with Crippen molar-refractivity contribution in [3.63, 3.8) is 0 Å². The summed E-state index contributed by atoms with van der Waals surface area (Å²) in [4.78, 5) is 24.1. The van der Waals surface area contributed by atoms with Gasteiger partial charge in [0.25, 0.3) is 11.3 Å². The van der Waals surface area contributed by atoms with Gasteiger partial charge in [0.1, 0.15) is 11.5 Å². The fourth-order valence-corrected chi connectivity index (χ4v) is 4.87. The van der Waals surface area contributed by atoms with Gasteiger partial charge in [-0.25, -0.2) is 18.5 Å². The molecule has 0 saturated heterocycles. The van der Waals surface area contributed by atoms with Crippen LogP contribution in [0.1, 0.15) is 12.8 Å². The number of amides is 1. The van der Waals surface area contributed by atoms with Crippen molar-refractivity contribution in [3.05, 3.63) is 66.7 Å². The van der Waals surface area contributed by atoms with E-state index < -0.39 is 11.3 Å². The molecule has 1 saturated carbocycles. The maximum atomic E-state index is 12.8. The second-order valence-electron chi connectivity index (χ2n) is 9.38. The molecule has 12 heteroatoms. The smallest absolute Gasteiger partial charge is 0.268 e. The number of aromatic nitrogens is 2. The van der Waals surface area contributed by atoms with Crippen LogP contribution in [-0.4, -0.2) is 63.4 Å². The number of rotatable bonds is 11. The molecule has 1 aliphatic rings. The van der Waals surface area contributed by atoms with Crippen LogP contribution in [0.2, 0.25) is 0 Å². The number of nitrogens with zero attached hydrogens (tertiary/aromatic N) is 4. The zero-order chi connectivity index (χ0) is 28.2. The van der Waals surface area contributed by atoms with E-state index in [-0.39, 0.29) is 24.1 Å². The molecular formula is C28H30N6O5S. The van der Waals surface area contributed by atoms with Gasteiger partial charge in [-0.15, -0.1) is 0 Å². The van der Waals surface area contributed by atoms with Gasteiger partial charge in [-0.05, 0) is 50.2 Å². The fraction of sp³-hybridized carbons (Fsp3) is 0.250. The normalized spacial score (nSPS) is 13.6. The highest BCUT2D eigenvalue weighted by Gasteiger charge is 2.27. The van der Waals surface area contributed by atoms with E-state index in [0.29, 0.717) is 45.6 Å². The van der Waals surface area contributed by atoms with E-state index in [1.54, 1.807) is 68.8 Å². The number of carbonyl (C=O) groups excluding carboxylic acids is 1. The van der Waals surface area contributed by atoms with Gasteiger partial charge >= 0.3 is 0 Å². The number of methoxy groups -OCH3 is 2. The number of hydrogen-bond acceptors (Lipinski definition) is 8. The van der Waals surface area contributed by atoms with Crippen LogP contribution in [0.4, 0.5) is 28.7 Å². The molecule has 1 amide bonds. The first kappa shape index (κ1) is 27.3. The van der Waals surface area contributed by atoms with Crippen molar-refractivity contribution in [2.45, 2.75) is 18.9 Å². The molecule has 0 aliphatic heterocycles. The van der Waals surface area contributed by atoms with Crippen LogP contribution in [-0.2, 0) is 16.1 Å². The minimum absolute atomic E-state index is 0.110. The summed E-state index contributed by atoms with van der Waals surface area (Å²) >= 11 is -2.54. The van der Waals surface area contributed by atoms with E-state index in [2.05, 4.69) is 10.6 Å². The van der Waals surface area contributed by atoms with Crippen LogP contribution in [0.25, 0.3) is 11.0 Å². The van der Waals surface area contributed by atoms with Crippen LogP contribution >= 0.6 is 0 Å². The molecule has 1 aliphatic carbocycles. The predicted octanol–water partition coefficient (Wildman–Crippen LogP) is 4.70. The first-order valence-corrected chi connectivity index (χ1v) is 13.7. The number of likely N-dealkylation sites (N-methyl/N-ethyl adjacent to an activating group) is 1. The maximum absolute atomic E-state index is 12.8. The van der Waals surface area contributed by atoms with Crippen LogP contribution in [0.5, 0.6) is 11.5 Å². The lowest BCUT2D eigenvalue weighted by atomic mass is 10.2. The lowest BCUT2D eigenvalue weighted by Gasteiger charge is -2.23. The molecule has 5 rings (SSSR count). The topological polar surface area (TPSA) is 129 Å². The van der Waals surface area contributed by atoms with Crippen molar-refractivity contribution in [3.8, 4) is 11.5 Å². The maximum Gasteiger partial charge on any atom is 0.268 e. The highest BCUT2D eigenvalue weighted by Crippen LogP contribution is 2.36. The zero-order valence-corrected chi connectivity index (χ0v) is 23.1. The lowest BCUT2D eigenvalue weighted by Crippen LogP contribution is -2.31. The largest absolute Gasteiger partial charge is 0.497 e. The van der Waals surface area contributed by atoms with E-state index in [1.807, 2.05) is 24.1 Å². The van der Waals surface area contributed by atoms with Crippen molar-refractivity contribution < 1.29 is 23.0 Å². The average molecular weight is 563 g/mol. The monoisotopic (exact) mass is 562 g/mol. The molecule has 1 atom stereocenters. The molecule has 3 N–H and O–H groups in total. The fourth-order valence-electron chi connectivity index (χ4n) is 4.30. The summed E-state index contributed by atoms with van der Waals surface area (Å²) in [5.74, 6) is 1.28. The molecule has 11 nitrogen and oxygen atoms in total. The van der Waals surface area contributed by atoms with Crippen molar-refractivity contribution in [2.24, 2.45) is 0 Å². The summed E-state index contributed by atoms with van der Waals surface area (Å²) in [7, 11) is 5.02. The zero-order valence-electron chi connectivity index (χ0n) is 22.3. The summed E-state index contributed by atoms with van der Waals surface area (Å²) in [5.41, 5.74) is 2.53. The number of fused-ring (bicyclic) bond motifs is 1. The second-order valence-corrected chi connectivity index (χ2v) is 10.2. The summed E-state index contributed by atoms with van der Waals surface area (Å²) < 4.78 is 35.2. The number of benzene rings is 3. The van der Waals surface area contributed by atoms with Crippen molar-refractivity contribution in [1.29, 1.82) is 0 Å². The Bertz CT molecular complexity index is 1540. The van der Waals surface area contributed by atoms with Crippen molar-refractivity contribution in [2.75, 3.05) is 42.8 Å². The van der Waals surface area contributed by atoms with Gasteiger partial charge in [-0.1, -0.05) is 18.2 Å². The summed E-state index contributed by atoms with van der Waals surface area (Å²) in [6.07, 6.45) is 2.20. The van der Waals surface area contributed by atoms with E-state index in [4.69, 9.17) is 19.4 Å².